The predicted molar refractivity (Wildman–Crippen MR) is 74.9 cm³/mol. The number of carboxylic acid groups (broad SMARTS) is 1. The maximum Gasteiger partial charge on any atom is 0.266 e. The molecule has 0 saturated heterocycles. The Kier molecular flexibility index (Phi) is 4.89. The fourth-order valence-electron chi connectivity index (χ4n) is 1.95. The Balaban J connectivity index is 2.53. The number of carboxylic acids is 1. The Hall–Kier alpha value is -2.55. The minimum Gasteiger partial charge on any atom is -0.545 e. The highest BCUT2D eigenvalue weighted by Crippen LogP contribution is 2.22. The number of aromatic nitrogens is 2. The molecular formula is C14H11F2N2O4S-. The van der Waals surface area contributed by atoms with Gasteiger partial charge >= 0.3 is 0 Å². The molecule has 1 heterocycles. The third-order valence-corrected chi connectivity index (χ3v) is 4.68. The minimum absolute atomic E-state index is 0.325. The zero-order valence-electron chi connectivity index (χ0n) is 11.6. The first kappa shape index (κ1) is 16.8. The molecular weight excluding hydrogens is 330 g/mol. The molecule has 6 nitrogen and oxygen atoms in total. The number of halogens is 2. The lowest BCUT2D eigenvalue weighted by Gasteiger charge is -2.10. The van der Waals surface area contributed by atoms with Crippen molar-refractivity contribution in [2.24, 2.45) is 0 Å². The van der Waals surface area contributed by atoms with Crippen LogP contribution in [0.3, 0.4) is 0 Å². The van der Waals surface area contributed by atoms with E-state index in [0.29, 0.717) is 11.8 Å². The van der Waals surface area contributed by atoms with E-state index >= 15 is 0 Å². The molecule has 9 heteroatoms. The Morgan fingerprint density at radius 3 is 2.48 bits per heavy atom. The van der Waals surface area contributed by atoms with E-state index in [1.807, 2.05) is 0 Å². The molecule has 122 valence electrons. The fraction of sp³-hybridized carbons (Fsp3) is 0.143. The van der Waals surface area contributed by atoms with Crippen molar-refractivity contribution < 1.29 is 27.1 Å². The SMILES string of the molecule is O=C([O-])c1cnn(-c2ccccc2)c1S(=O)(=O)CCC=C(F)F. The van der Waals surface area contributed by atoms with E-state index in [9.17, 15) is 27.1 Å². The maximum atomic E-state index is 12.4. The third-order valence-electron chi connectivity index (χ3n) is 2.93. The van der Waals surface area contributed by atoms with Gasteiger partial charge in [-0.2, -0.15) is 13.9 Å². The molecule has 23 heavy (non-hydrogen) atoms. The summed E-state index contributed by atoms with van der Waals surface area (Å²) in [5.41, 5.74) is -0.288. The number of para-hydroxylation sites is 1. The fourth-order valence-corrected chi connectivity index (χ4v) is 3.46. The topological polar surface area (TPSA) is 92.1 Å². The second kappa shape index (κ2) is 6.69. The molecule has 0 N–H and O–H groups in total. The van der Waals surface area contributed by atoms with Crippen LogP contribution in [-0.2, 0) is 9.84 Å². The minimum atomic E-state index is -4.17. The van der Waals surface area contributed by atoms with Crippen LogP contribution in [0.25, 0.3) is 5.69 Å². The molecule has 0 aliphatic heterocycles. The number of rotatable bonds is 6. The van der Waals surface area contributed by atoms with Crippen LogP contribution in [0.5, 0.6) is 0 Å². The van der Waals surface area contributed by atoms with Crippen molar-refractivity contribution in [1.82, 2.24) is 9.78 Å². The summed E-state index contributed by atoms with van der Waals surface area (Å²) in [6, 6.07) is 7.99. The van der Waals surface area contributed by atoms with Gasteiger partial charge in [0.25, 0.3) is 6.08 Å². The molecule has 1 aromatic carbocycles. The molecule has 0 bridgehead atoms. The quantitative estimate of drug-likeness (QED) is 0.787. The maximum absolute atomic E-state index is 12.4. The number of carbonyl (C=O) groups is 1. The Morgan fingerprint density at radius 1 is 1.26 bits per heavy atom. The highest BCUT2D eigenvalue weighted by Gasteiger charge is 2.25. The Morgan fingerprint density at radius 2 is 1.91 bits per heavy atom. The highest BCUT2D eigenvalue weighted by atomic mass is 32.2. The summed E-state index contributed by atoms with van der Waals surface area (Å²) >= 11 is 0. The first-order valence-electron chi connectivity index (χ1n) is 6.41. The van der Waals surface area contributed by atoms with Crippen LogP contribution < -0.4 is 5.11 Å². The molecule has 0 spiro atoms. The first-order chi connectivity index (χ1) is 10.8. The van der Waals surface area contributed by atoms with Gasteiger partial charge in [0, 0.05) is 0 Å². The van der Waals surface area contributed by atoms with Gasteiger partial charge in [-0.1, -0.05) is 18.2 Å². The number of aromatic carboxylic acids is 1. The summed E-state index contributed by atoms with van der Waals surface area (Å²) < 4.78 is 49.8. The van der Waals surface area contributed by atoms with Gasteiger partial charge in [-0.25, -0.2) is 13.1 Å². The molecule has 0 aliphatic carbocycles. The standard InChI is InChI=1S/C14H12F2N2O4S/c15-12(16)7-4-8-23(21,22)13-11(14(19)20)9-17-18(13)10-5-2-1-3-6-10/h1-3,5-7,9H,4,8H2,(H,19,20)/p-1. The molecule has 2 rings (SSSR count). The number of carbonyl (C=O) groups excluding carboxylic acids is 1. The number of nitrogens with zero attached hydrogens (tertiary/aromatic N) is 2. The van der Waals surface area contributed by atoms with Crippen LogP contribution in [0.1, 0.15) is 16.8 Å². The van der Waals surface area contributed by atoms with Crippen molar-refractivity contribution in [2.75, 3.05) is 5.75 Å². The lowest BCUT2D eigenvalue weighted by molar-refractivity contribution is -0.255. The van der Waals surface area contributed by atoms with Crippen LogP contribution in [0.4, 0.5) is 8.78 Å². The molecule has 0 saturated carbocycles. The van der Waals surface area contributed by atoms with Gasteiger partial charge in [0.2, 0.25) is 0 Å². The van der Waals surface area contributed by atoms with Gasteiger partial charge in [0.1, 0.15) is 0 Å². The Labute approximate surface area is 130 Å². The van der Waals surface area contributed by atoms with Gasteiger partial charge in [-0.3, -0.25) is 0 Å². The van der Waals surface area contributed by atoms with Gasteiger partial charge in [-0.05, 0) is 24.6 Å². The van der Waals surface area contributed by atoms with E-state index in [2.05, 4.69) is 5.10 Å². The molecule has 1 aromatic heterocycles. The van der Waals surface area contributed by atoms with Gasteiger partial charge < -0.3 is 9.90 Å². The third kappa shape index (κ3) is 3.81. The van der Waals surface area contributed by atoms with Crippen molar-refractivity contribution in [3.05, 3.63) is 54.2 Å². The van der Waals surface area contributed by atoms with E-state index in [1.54, 1.807) is 18.2 Å². The van der Waals surface area contributed by atoms with Crippen LogP contribution in [0.2, 0.25) is 0 Å². The number of allylic oxidation sites excluding steroid dienone is 1. The van der Waals surface area contributed by atoms with Crippen LogP contribution in [0.15, 0.2) is 53.7 Å². The van der Waals surface area contributed by atoms with Crippen LogP contribution in [0, 0.1) is 0 Å². The molecule has 0 amide bonds. The van der Waals surface area contributed by atoms with Crippen molar-refractivity contribution in [1.29, 1.82) is 0 Å². The zero-order valence-corrected chi connectivity index (χ0v) is 12.5. The summed E-state index contributed by atoms with van der Waals surface area (Å²) in [6.07, 6.45) is -1.13. The molecule has 0 atom stereocenters. The number of benzene rings is 1. The molecule has 0 unspecified atom stereocenters. The smallest absolute Gasteiger partial charge is 0.266 e. The summed E-state index contributed by atoms with van der Waals surface area (Å²) in [7, 11) is -4.17. The van der Waals surface area contributed by atoms with E-state index in [0.717, 1.165) is 10.9 Å². The van der Waals surface area contributed by atoms with E-state index in [1.165, 1.54) is 12.1 Å². The molecule has 2 aromatic rings. The van der Waals surface area contributed by atoms with Crippen molar-refractivity contribution in [2.45, 2.75) is 11.4 Å². The predicted octanol–water partition coefficient (Wildman–Crippen LogP) is 1.18. The summed E-state index contributed by atoms with van der Waals surface area (Å²) in [4.78, 5) is 11.1. The monoisotopic (exact) mass is 341 g/mol. The zero-order chi connectivity index (χ0) is 17.0. The van der Waals surface area contributed by atoms with E-state index in [4.69, 9.17) is 0 Å². The van der Waals surface area contributed by atoms with E-state index < -0.39 is 44.7 Å². The first-order valence-corrected chi connectivity index (χ1v) is 8.07. The normalized spacial score (nSPS) is 11.2. The number of hydrogen-bond acceptors (Lipinski definition) is 5. The second-order valence-corrected chi connectivity index (χ2v) is 6.52. The molecule has 0 radical (unpaired) electrons. The lowest BCUT2D eigenvalue weighted by Crippen LogP contribution is -2.25. The average molecular weight is 341 g/mol. The van der Waals surface area contributed by atoms with Crippen molar-refractivity contribution >= 4 is 15.8 Å². The summed E-state index contributed by atoms with van der Waals surface area (Å²) in [5, 5.41) is 14.3. The van der Waals surface area contributed by atoms with Crippen molar-refractivity contribution in [3.63, 3.8) is 0 Å². The summed E-state index contributed by atoms with van der Waals surface area (Å²) in [5.74, 6) is -2.39. The average Bonchev–Trinajstić information content (AvgIpc) is 2.93. The number of sulfone groups is 1. The molecule has 0 aliphatic rings. The Bertz CT molecular complexity index is 841. The van der Waals surface area contributed by atoms with E-state index in [-0.39, 0.29) is 0 Å². The van der Waals surface area contributed by atoms with Gasteiger partial charge in [-0.15, -0.1) is 0 Å². The van der Waals surface area contributed by atoms with Gasteiger partial charge in [0.15, 0.2) is 14.9 Å². The summed E-state index contributed by atoms with van der Waals surface area (Å²) in [6.45, 7) is 0. The second-order valence-electron chi connectivity index (χ2n) is 4.50. The molecule has 0 fully saturated rings. The van der Waals surface area contributed by atoms with Crippen LogP contribution in [-0.4, -0.2) is 29.9 Å². The van der Waals surface area contributed by atoms with Crippen LogP contribution >= 0.6 is 0 Å². The highest BCUT2D eigenvalue weighted by molar-refractivity contribution is 7.91. The lowest BCUT2D eigenvalue weighted by atomic mass is 10.3. The number of hydrogen-bond donors (Lipinski definition) is 0. The largest absolute Gasteiger partial charge is 0.545 e. The van der Waals surface area contributed by atoms with Gasteiger partial charge in [0.05, 0.1) is 29.2 Å². The van der Waals surface area contributed by atoms with Crippen molar-refractivity contribution in [3.8, 4) is 5.69 Å².